The maximum Gasteiger partial charge on any atom is 0.307 e. The average Bonchev–Trinajstić information content (AvgIpc) is 3.51. The molecule has 3 aromatic rings. The number of rotatable bonds is 7. The summed E-state index contributed by atoms with van der Waals surface area (Å²) in [6, 6.07) is 16.4. The lowest BCUT2D eigenvalue weighted by Gasteiger charge is -2.38. The Morgan fingerprint density at radius 1 is 1.11 bits per heavy atom. The Labute approximate surface area is 213 Å². The highest BCUT2D eigenvalue weighted by Crippen LogP contribution is 2.46. The molecule has 2 aliphatic rings. The fraction of sp³-hybridized carbons (Fsp3) is 0.448. The van der Waals surface area contributed by atoms with E-state index in [1.54, 1.807) is 6.20 Å². The largest absolute Gasteiger partial charge is 0.492 e. The third kappa shape index (κ3) is 5.57. The number of carbonyl (C=O) groups excluding carboxylic acids is 1. The number of ether oxygens (including phenoxy) is 3. The van der Waals surface area contributed by atoms with E-state index in [0.717, 1.165) is 55.2 Å². The molecular formula is C29H35N3O4. The molecule has 3 heterocycles. The highest BCUT2D eigenvalue weighted by molar-refractivity contribution is 5.70. The quantitative estimate of drug-likeness (QED) is 0.440. The van der Waals surface area contributed by atoms with Crippen molar-refractivity contribution in [2.45, 2.75) is 57.7 Å². The monoisotopic (exact) mass is 489 g/mol. The number of likely N-dealkylation sites (tertiary alicyclic amines) is 1. The molecule has 2 aliphatic heterocycles. The minimum absolute atomic E-state index is 0.0542. The van der Waals surface area contributed by atoms with Crippen LogP contribution in [0.25, 0.3) is 5.69 Å². The third-order valence-electron chi connectivity index (χ3n) is 7.00. The normalized spacial score (nSPS) is 17.0. The lowest BCUT2D eigenvalue weighted by molar-refractivity contribution is -0.155. The molecule has 2 aromatic carbocycles. The average molecular weight is 490 g/mol. The summed E-state index contributed by atoms with van der Waals surface area (Å²) in [6.07, 6.45) is 6.18. The van der Waals surface area contributed by atoms with Crippen molar-refractivity contribution in [1.29, 1.82) is 0 Å². The van der Waals surface area contributed by atoms with Crippen LogP contribution < -0.4 is 9.47 Å². The summed E-state index contributed by atoms with van der Waals surface area (Å²) in [4.78, 5) is 14.4. The summed E-state index contributed by atoms with van der Waals surface area (Å²) in [6.45, 7) is 9.58. The lowest BCUT2D eigenvalue weighted by Crippen LogP contribution is -2.44. The summed E-state index contributed by atoms with van der Waals surface area (Å²) in [7, 11) is 0. The van der Waals surface area contributed by atoms with Gasteiger partial charge < -0.3 is 19.1 Å². The van der Waals surface area contributed by atoms with Gasteiger partial charge in [-0.05, 0) is 76.5 Å². The van der Waals surface area contributed by atoms with Gasteiger partial charge in [0.2, 0.25) is 0 Å². The first-order chi connectivity index (χ1) is 17.3. The Kier molecular flexibility index (Phi) is 6.75. The van der Waals surface area contributed by atoms with Crippen LogP contribution in [-0.2, 0) is 21.6 Å². The van der Waals surface area contributed by atoms with E-state index < -0.39 is 5.60 Å². The zero-order valence-corrected chi connectivity index (χ0v) is 21.4. The smallest absolute Gasteiger partial charge is 0.307 e. The maximum absolute atomic E-state index is 12.1. The zero-order valence-electron chi connectivity index (χ0n) is 21.4. The molecule has 0 radical (unpaired) electrons. The number of carbonyl (C=O) groups is 1. The zero-order chi connectivity index (χ0) is 25.2. The Bertz CT molecular complexity index is 1170. The SMILES string of the molecule is CC(C)(C)OC(=O)CCN1CCC2(CC1)COc1cc(OCc3ccc(-n4cccn4)cc3)ccc12. The van der Waals surface area contributed by atoms with Crippen molar-refractivity contribution in [3.8, 4) is 17.2 Å². The van der Waals surface area contributed by atoms with E-state index in [2.05, 4.69) is 34.3 Å². The Balaban J connectivity index is 1.14. The molecule has 5 rings (SSSR count). The molecule has 0 unspecified atom stereocenters. The molecule has 0 bridgehead atoms. The minimum atomic E-state index is -0.429. The van der Waals surface area contributed by atoms with Crippen molar-refractivity contribution < 1.29 is 19.0 Å². The number of fused-ring (bicyclic) bond motifs is 2. The molecule has 1 spiro atoms. The van der Waals surface area contributed by atoms with Crippen molar-refractivity contribution in [3.63, 3.8) is 0 Å². The van der Waals surface area contributed by atoms with Crippen LogP contribution >= 0.6 is 0 Å². The van der Waals surface area contributed by atoms with Gasteiger partial charge in [0.15, 0.2) is 0 Å². The van der Waals surface area contributed by atoms with Gasteiger partial charge in [-0.2, -0.15) is 5.10 Å². The van der Waals surface area contributed by atoms with Gasteiger partial charge in [-0.1, -0.05) is 18.2 Å². The van der Waals surface area contributed by atoms with Crippen molar-refractivity contribution in [2.75, 3.05) is 26.2 Å². The van der Waals surface area contributed by atoms with Crippen LogP contribution in [0.3, 0.4) is 0 Å². The van der Waals surface area contributed by atoms with Gasteiger partial charge in [-0.3, -0.25) is 4.79 Å². The predicted molar refractivity (Wildman–Crippen MR) is 138 cm³/mol. The van der Waals surface area contributed by atoms with E-state index in [9.17, 15) is 4.79 Å². The maximum atomic E-state index is 12.1. The minimum Gasteiger partial charge on any atom is -0.492 e. The molecular weight excluding hydrogens is 454 g/mol. The highest BCUT2D eigenvalue weighted by Gasteiger charge is 2.43. The van der Waals surface area contributed by atoms with Gasteiger partial charge in [-0.25, -0.2) is 4.68 Å². The Hall–Kier alpha value is -3.32. The number of nitrogens with zero attached hydrogens (tertiary/aromatic N) is 3. The summed E-state index contributed by atoms with van der Waals surface area (Å²) in [5, 5.41) is 4.26. The van der Waals surface area contributed by atoms with Gasteiger partial charge in [0.1, 0.15) is 23.7 Å². The van der Waals surface area contributed by atoms with E-state index >= 15 is 0 Å². The van der Waals surface area contributed by atoms with E-state index in [1.165, 1.54) is 5.56 Å². The first kappa shape index (κ1) is 24.4. The number of hydrogen-bond acceptors (Lipinski definition) is 6. The van der Waals surface area contributed by atoms with Gasteiger partial charge in [0.25, 0.3) is 0 Å². The summed E-state index contributed by atoms with van der Waals surface area (Å²) in [5.41, 5.74) is 3.03. The van der Waals surface area contributed by atoms with Crippen LogP contribution in [0.2, 0.25) is 0 Å². The van der Waals surface area contributed by atoms with Crippen LogP contribution in [-0.4, -0.2) is 52.5 Å². The standard InChI is InChI=1S/C29H35N3O4/c1-28(2,3)36-27(33)11-16-31-17-12-29(13-18-31)21-35-26-19-24(9-10-25(26)29)34-20-22-5-7-23(8-6-22)32-15-4-14-30-32/h4-10,14-15,19H,11-13,16-18,20-21H2,1-3H3. The molecule has 0 saturated carbocycles. The van der Waals surface area contributed by atoms with E-state index in [-0.39, 0.29) is 11.4 Å². The number of piperidine rings is 1. The van der Waals surface area contributed by atoms with Gasteiger partial charge in [0, 0.05) is 36.0 Å². The van der Waals surface area contributed by atoms with Crippen LogP contribution in [0.4, 0.5) is 0 Å². The van der Waals surface area contributed by atoms with Crippen LogP contribution in [0.1, 0.15) is 51.2 Å². The molecule has 0 atom stereocenters. The van der Waals surface area contributed by atoms with Crippen LogP contribution in [0.5, 0.6) is 11.5 Å². The van der Waals surface area contributed by atoms with Crippen molar-refractivity contribution in [2.24, 2.45) is 0 Å². The predicted octanol–water partition coefficient (Wildman–Crippen LogP) is 4.91. The molecule has 0 N–H and O–H groups in total. The van der Waals surface area contributed by atoms with Gasteiger partial charge in [-0.15, -0.1) is 0 Å². The summed E-state index contributed by atoms with van der Waals surface area (Å²) in [5.74, 6) is 1.62. The number of hydrogen-bond donors (Lipinski definition) is 0. The molecule has 0 amide bonds. The lowest BCUT2D eigenvalue weighted by atomic mass is 9.74. The van der Waals surface area contributed by atoms with Crippen molar-refractivity contribution in [1.82, 2.24) is 14.7 Å². The second kappa shape index (κ2) is 9.97. The fourth-order valence-corrected chi connectivity index (χ4v) is 5.04. The van der Waals surface area contributed by atoms with Crippen molar-refractivity contribution >= 4 is 5.97 Å². The second-order valence-corrected chi connectivity index (χ2v) is 10.8. The summed E-state index contributed by atoms with van der Waals surface area (Å²) >= 11 is 0. The van der Waals surface area contributed by atoms with E-state index in [4.69, 9.17) is 14.2 Å². The molecule has 7 nitrogen and oxygen atoms in total. The number of benzene rings is 2. The molecule has 7 heteroatoms. The second-order valence-electron chi connectivity index (χ2n) is 10.8. The fourth-order valence-electron chi connectivity index (χ4n) is 5.04. The van der Waals surface area contributed by atoms with Crippen molar-refractivity contribution in [3.05, 3.63) is 72.1 Å². The molecule has 0 aliphatic carbocycles. The molecule has 36 heavy (non-hydrogen) atoms. The number of esters is 1. The first-order valence-electron chi connectivity index (χ1n) is 12.7. The highest BCUT2D eigenvalue weighted by atomic mass is 16.6. The summed E-state index contributed by atoms with van der Waals surface area (Å²) < 4.78 is 19.5. The Morgan fingerprint density at radius 3 is 2.58 bits per heavy atom. The van der Waals surface area contributed by atoms with E-state index in [0.29, 0.717) is 19.6 Å². The molecule has 190 valence electrons. The number of aromatic nitrogens is 2. The molecule has 1 fully saturated rings. The Morgan fingerprint density at radius 2 is 1.89 bits per heavy atom. The van der Waals surface area contributed by atoms with E-state index in [1.807, 2.05) is 55.9 Å². The topological polar surface area (TPSA) is 65.8 Å². The first-order valence-corrected chi connectivity index (χ1v) is 12.7. The van der Waals surface area contributed by atoms with Gasteiger partial charge in [0.05, 0.1) is 18.7 Å². The van der Waals surface area contributed by atoms with Gasteiger partial charge >= 0.3 is 5.97 Å². The molecule has 1 saturated heterocycles. The van der Waals surface area contributed by atoms with Crippen LogP contribution in [0, 0.1) is 0 Å². The molecule has 1 aromatic heterocycles. The third-order valence-corrected chi connectivity index (χ3v) is 7.00. The van der Waals surface area contributed by atoms with Crippen LogP contribution in [0.15, 0.2) is 60.9 Å².